The van der Waals surface area contributed by atoms with Crippen LogP contribution < -0.4 is 10.2 Å². The van der Waals surface area contributed by atoms with Gasteiger partial charge in [0.15, 0.2) is 0 Å². The van der Waals surface area contributed by atoms with Crippen LogP contribution in [0.1, 0.15) is 10.4 Å². The number of hydrogen-bond donors (Lipinski definition) is 1. The minimum absolute atomic E-state index is 0.0626. The lowest BCUT2D eigenvalue weighted by molar-refractivity contribution is -0.384. The van der Waals surface area contributed by atoms with Gasteiger partial charge in [-0.25, -0.2) is 0 Å². The highest BCUT2D eigenvalue weighted by Gasteiger charge is 2.19. The summed E-state index contributed by atoms with van der Waals surface area (Å²) in [6, 6.07) is 4.51. The number of amides is 1. The molecule has 1 aromatic carbocycles. The zero-order valence-corrected chi connectivity index (χ0v) is 12.2. The Hall–Kier alpha value is -2.15. The maximum absolute atomic E-state index is 11.5. The number of carbonyl (C=O) groups is 1. The van der Waals surface area contributed by atoms with E-state index in [1.165, 1.54) is 13.1 Å². The van der Waals surface area contributed by atoms with E-state index in [2.05, 4.69) is 5.32 Å². The molecular formula is C13H20N4O3. The van der Waals surface area contributed by atoms with E-state index in [1.54, 1.807) is 19.2 Å². The topological polar surface area (TPSA) is 78.7 Å². The standard InChI is InChI=1S/C13H20N4O3/c1-14-13(18)10-5-6-11(12(9-10)17(19)20)16(4)8-7-15(2)3/h5-6,9H,7-8H2,1-4H3,(H,14,18). The monoisotopic (exact) mass is 280 g/mol. The van der Waals surface area contributed by atoms with E-state index in [9.17, 15) is 14.9 Å². The van der Waals surface area contributed by atoms with Gasteiger partial charge in [-0.15, -0.1) is 0 Å². The number of likely N-dealkylation sites (N-methyl/N-ethyl adjacent to an activating group) is 2. The van der Waals surface area contributed by atoms with Crippen molar-refractivity contribution in [3.8, 4) is 0 Å². The van der Waals surface area contributed by atoms with Crippen molar-refractivity contribution in [1.82, 2.24) is 10.2 Å². The largest absolute Gasteiger partial charge is 0.368 e. The Morgan fingerprint density at radius 2 is 1.95 bits per heavy atom. The molecule has 20 heavy (non-hydrogen) atoms. The molecule has 0 aromatic heterocycles. The SMILES string of the molecule is CNC(=O)c1ccc(N(C)CCN(C)C)c([N+](=O)[O-])c1. The van der Waals surface area contributed by atoms with Crippen LogP contribution in [0.5, 0.6) is 0 Å². The first-order chi connectivity index (χ1) is 9.36. The molecule has 1 amide bonds. The van der Waals surface area contributed by atoms with Gasteiger partial charge in [-0.05, 0) is 26.2 Å². The summed E-state index contributed by atoms with van der Waals surface area (Å²) in [6.45, 7) is 1.44. The molecule has 0 atom stereocenters. The average molecular weight is 280 g/mol. The minimum Gasteiger partial charge on any atom is -0.368 e. The molecule has 7 nitrogen and oxygen atoms in total. The van der Waals surface area contributed by atoms with E-state index >= 15 is 0 Å². The number of nitro groups is 1. The third-order valence-corrected chi connectivity index (χ3v) is 2.96. The Kier molecular flexibility index (Phi) is 5.45. The first-order valence-corrected chi connectivity index (χ1v) is 6.23. The number of nitrogens with zero attached hydrogens (tertiary/aromatic N) is 3. The van der Waals surface area contributed by atoms with Crippen LogP contribution in [0.15, 0.2) is 18.2 Å². The van der Waals surface area contributed by atoms with Crippen LogP contribution in [-0.2, 0) is 0 Å². The fourth-order valence-electron chi connectivity index (χ4n) is 1.75. The van der Waals surface area contributed by atoms with E-state index in [1.807, 2.05) is 23.9 Å². The van der Waals surface area contributed by atoms with Gasteiger partial charge in [-0.3, -0.25) is 14.9 Å². The number of benzene rings is 1. The number of hydrogen-bond acceptors (Lipinski definition) is 5. The van der Waals surface area contributed by atoms with E-state index in [0.29, 0.717) is 12.2 Å². The van der Waals surface area contributed by atoms with Gasteiger partial charge in [-0.1, -0.05) is 0 Å². The zero-order chi connectivity index (χ0) is 15.3. The molecule has 1 rings (SSSR count). The second-order valence-corrected chi connectivity index (χ2v) is 4.76. The fourth-order valence-corrected chi connectivity index (χ4v) is 1.75. The molecule has 0 unspecified atom stereocenters. The molecule has 0 bridgehead atoms. The van der Waals surface area contributed by atoms with Crippen LogP contribution in [0.25, 0.3) is 0 Å². The predicted molar refractivity (Wildman–Crippen MR) is 78.3 cm³/mol. The van der Waals surface area contributed by atoms with Gasteiger partial charge in [0, 0.05) is 38.8 Å². The molecule has 7 heteroatoms. The van der Waals surface area contributed by atoms with Crippen molar-refractivity contribution in [2.45, 2.75) is 0 Å². The first kappa shape index (κ1) is 15.9. The van der Waals surface area contributed by atoms with Gasteiger partial charge in [0.1, 0.15) is 5.69 Å². The summed E-state index contributed by atoms with van der Waals surface area (Å²) in [4.78, 5) is 26.0. The molecule has 0 aliphatic carbocycles. The highest BCUT2D eigenvalue weighted by Crippen LogP contribution is 2.28. The Morgan fingerprint density at radius 1 is 1.30 bits per heavy atom. The molecule has 1 N–H and O–H groups in total. The highest BCUT2D eigenvalue weighted by molar-refractivity contribution is 5.95. The quantitative estimate of drug-likeness (QED) is 0.620. The van der Waals surface area contributed by atoms with Crippen LogP contribution >= 0.6 is 0 Å². The van der Waals surface area contributed by atoms with Crippen LogP contribution in [0.3, 0.4) is 0 Å². The van der Waals surface area contributed by atoms with Crippen LogP contribution in [0.4, 0.5) is 11.4 Å². The van der Waals surface area contributed by atoms with Crippen LogP contribution in [0, 0.1) is 10.1 Å². The van der Waals surface area contributed by atoms with Crippen molar-refractivity contribution in [3.05, 3.63) is 33.9 Å². The maximum atomic E-state index is 11.5. The van der Waals surface area contributed by atoms with E-state index < -0.39 is 4.92 Å². The van der Waals surface area contributed by atoms with E-state index in [-0.39, 0.29) is 17.2 Å². The minimum atomic E-state index is -0.464. The maximum Gasteiger partial charge on any atom is 0.293 e. The van der Waals surface area contributed by atoms with Gasteiger partial charge < -0.3 is 15.1 Å². The number of nitro benzene ring substituents is 1. The Balaban J connectivity index is 3.07. The molecule has 1 aromatic rings. The van der Waals surface area contributed by atoms with Crippen molar-refractivity contribution < 1.29 is 9.72 Å². The van der Waals surface area contributed by atoms with Gasteiger partial charge in [0.2, 0.25) is 0 Å². The Labute approximate surface area is 118 Å². The summed E-state index contributed by atoms with van der Waals surface area (Å²) in [7, 11) is 7.17. The molecule has 0 saturated heterocycles. The van der Waals surface area contributed by atoms with Gasteiger partial charge in [0.25, 0.3) is 11.6 Å². The summed E-state index contributed by atoms with van der Waals surface area (Å²) < 4.78 is 0. The summed E-state index contributed by atoms with van der Waals surface area (Å²) >= 11 is 0. The molecule has 0 spiro atoms. The molecule has 0 fully saturated rings. The van der Waals surface area contributed by atoms with Gasteiger partial charge >= 0.3 is 0 Å². The molecule has 0 saturated carbocycles. The normalized spacial score (nSPS) is 10.4. The summed E-state index contributed by atoms with van der Waals surface area (Å²) in [5, 5.41) is 13.6. The molecule has 0 aliphatic rings. The van der Waals surface area contributed by atoms with Gasteiger partial charge in [-0.2, -0.15) is 0 Å². The Morgan fingerprint density at radius 3 is 2.45 bits per heavy atom. The second-order valence-electron chi connectivity index (χ2n) is 4.76. The van der Waals surface area contributed by atoms with E-state index in [0.717, 1.165) is 6.54 Å². The van der Waals surface area contributed by atoms with Crippen molar-refractivity contribution in [2.24, 2.45) is 0 Å². The molecule has 0 heterocycles. The summed E-state index contributed by atoms with van der Waals surface area (Å²) in [5.74, 6) is -0.337. The lowest BCUT2D eigenvalue weighted by atomic mass is 10.1. The highest BCUT2D eigenvalue weighted by atomic mass is 16.6. The Bertz CT molecular complexity index is 502. The lowest BCUT2D eigenvalue weighted by Gasteiger charge is -2.21. The number of anilines is 1. The fraction of sp³-hybridized carbons (Fsp3) is 0.462. The number of nitrogens with one attached hydrogen (secondary N) is 1. The zero-order valence-electron chi connectivity index (χ0n) is 12.2. The third-order valence-electron chi connectivity index (χ3n) is 2.96. The van der Waals surface area contributed by atoms with E-state index in [4.69, 9.17) is 0 Å². The average Bonchev–Trinajstić information content (AvgIpc) is 2.43. The van der Waals surface area contributed by atoms with Crippen molar-refractivity contribution in [2.75, 3.05) is 46.2 Å². The molecule has 110 valence electrons. The number of carbonyl (C=O) groups excluding carboxylic acids is 1. The van der Waals surface area contributed by atoms with Crippen molar-refractivity contribution in [1.29, 1.82) is 0 Å². The van der Waals surface area contributed by atoms with Crippen molar-refractivity contribution >= 4 is 17.3 Å². The second kappa shape index (κ2) is 6.85. The predicted octanol–water partition coefficient (Wildman–Crippen LogP) is 0.952. The van der Waals surface area contributed by atoms with Gasteiger partial charge in [0.05, 0.1) is 4.92 Å². The lowest BCUT2D eigenvalue weighted by Crippen LogP contribution is -2.29. The van der Waals surface area contributed by atoms with Crippen LogP contribution in [-0.4, -0.2) is 57.0 Å². The molecular weight excluding hydrogens is 260 g/mol. The van der Waals surface area contributed by atoms with Crippen molar-refractivity contribution in [3.63, 3.8) is 0 Å². The molecule has 0 aliphatic heterocycles. The summed E-state index contributed by atoms with van der Waals surface area (Å²) in [5.41, 5.74) is 0.723. The third kappa shape index (κ3) is 3.92. The number of rotatable bonds is 6. The summed E-state index contributed by atoms with van der Waals surface area (Å²) in [6.07, 6.45) is 0. The smallest absolute Gasteiger partial charge is 0.293 e. The molecule has 0 radical (unpaired) electrons. The van der Waals surface area contributed by atoms with Crippen LogP contribution in [0.2, 0.25) is 0 Å². The first-order valence-electron chi connectivity index (χ1n) is 6.23.